The minimum Gasteiger partial charge on any atom is -0.369 e. The van der Waals surface area contributed by atoms with Gasteiger partial charge in [0.15, 0.2) is 0 Å². The SMILES string of the molecule is CC1=NC2CC3N=C(C4CCC(C)CC4)NC3CC2N1. The normalized spacial score (nSPS) is 46.7. The van der Waals surface area contributed by atoms with Gasteiger partial charge in [0.25, 0.3) is 0 Å². The molecule has 20 heavy (non-hydrogen) atoms. The molecule has 4 nitrogen and oxygen atoms in total. The molecular formula is C16H26N4. The lowest BCUT2D eigenvalue weighted by Gasteiger charge is -2.32. The second-order valence-electron chi connectivity index (χ2n) is 7.29. The largest absolute Gasteiger partial charge is 0.369 e. The summed E-state index contributed by atoms with van der Waals surface area (Å²) in [5.74, 6) is 4.06. The van der Waals surface area contributed by atoms with Gasteiger partial charge < -0.3 is 10.6 Å². The topological polar surface area (TPSA) is 48.8 Å². The van der Waals surface area contributed by atoms with Crippen molar-refractivity contribution in [2.75, 3.05) is 0 Å². The zero-order valence-corrected chi connectivity index (χ0v) is 12.6. The molecule has 4 atom stereocenters. The standard InChI is InChI=1S/C16H26N4/c1-9-3-5-11(6-4-9)16-19-14-7-12-13(8-15(14)20-16)18-10(2)17-12/h9,11-15H,3-8H2,1-2H3,(H,17,18)(H,19,20). The predicted octanol–water partition coefficient (Wildman–Crippen LogP) is 2.10. The van der Waals surface area contributed by atoms with Gasteiger partial charge >= 0.3 is 0 Å². The van der Waals surface area contributed by atoms with Crippen molar-refractivity contribution in [2.24, 2.45) is 21.8 Å². The molecule has 0 saturated heterocycles. The first-order valence-corrected chi connectivity index (χ1v) is 8.34. The van der Waals surface area contributed by atoms with Crippen molar-refractivity contribution < 1.29 is 0 Å². The maximum atomic E-state index is 5.05. The first-order valence-electron chi connectivity index (χ1n) is 8.34. The molecule has 0 amide bonds. The highest BCUT2D eigenvalue weighted by Crippen LogP contribution is 2.34. The van der Waals surface area contributed by atoms with Gasteiger partial charge in [-0.3, -0.25) is 9.98 Å². The van der Waals surface area contributed by atoms with Gasteiger partial charge in [-0.05, 0) is 38.5 Å². The second-order valence-corrected chi connectivity index (χ2v) is 7.29. The number of amidine groups is 2. The van der Waals surface area contributed by atoms with Gasteiger partial charge in [0.1, 0.15) is 5.84 Å². The molecule has 0 radical (unpaired) electrons. The Labute approximate surface area is 121 Å². The van der Waals surface area contributed by atoms with E-state index in [0.29, 0.717) is 30.1 Å². The average molecular weight is 274 g/mol. The zero-order chi connectivity index (χ0) is 13.7. The van der Waals surface area contributed by atoms with Gasteiger partial charge in [0.2, 0.25) is 0 Å². The third-order valence-electron chi connectivity index (χ3n) is 5.71. The lowest BCUT2D eigenvalue weighted by Crippen LogP contribution is -2.50. The van der Waals surface area contributed by atoms with Crippen LogP contribution in [0.4, 0.5) is 0 Å². The molecule has 110 valence electrons. The van der Waals surface area contributed by atoms with Crippen LogP contribution in [-0.2, 0) is 0 Å². The maximum Gasteiger partial charge on any atom is 0.100 e. The Morgan fingerprint density at radius 3 is 2.40 bits per heavy atom. The van der Waals surface area contributed by atoms with Crippen LogP contribution in [0.1, 0.15) is 52.4 Å². The molecule has 2 saturated carbocycles. The van der Waals surface area contributed by atoms with E-state index in [0.717, 1.165) is 18.2 Å². The molecule has 0 aromatic rings. The van der Waals surface area contributed by atoms with Crippen LogP contribution in [0.3, 0.4) is 0 Å². The van der Waals surface area contributed by atoms with Crippen LogP contribution in [0.2, 0.25) is 0 Å². The number of hydrogen-bond donors (Lipinski definition) is 2. The van der Waals surface area contributed by atoms with Crippen LogP contribution in [-0.4, -0.2) is 35.8 Å². The summed E-state index contributed by atoms with van der Waals surface area (Å²) in [5.41, 5.74) is 0. The van der Waals surface area contributed by atoms with Crippen molar-refractivity contribution in [1.29, 1.82) is 0 Å². The van der Waals surface area contributed by atoms with Crippen LogP contribution < -0.4 is 10.6 Å². The summed E-state index contributed by atoms with van der Waals surface area (Å²) in [6.07, 6.45) is 7.70. The first-order chi connectivity index (χ1) is 9.69. The van der Waals surface area contributed by atoms with Crippen molar-refractivity contribution in [3.63, 3.8) is 0 Å². The number of nitrogens with zero attached hydrogens (tertiary/aromatic N) is 2. The molecule has 4 heteroatoms. The molecule has 0 aromatic carbocycles. The summed E-state index contributed by atoms with van der Waals surface area (Å²) in [4.78, 5) is 9.78. The summed E-state index contributed by atoms with van der Waals surface area (Å²) < 4.78 is 0. The Morgan fingerprint density at radius 1 is 0.900 bits per heavy atom. The Morgan fingerprint density at radius 2 is 1.60 bits per heavy atom. The van der Waals surface area contributed by atoms with E-state index in [1.165, 1.54) is 37.9 Å². The third-order valence-corrected chi connectivity index (χ3v) is 5.71. The van der Waals surface area contributed by atoms with Crippen molar-refractivity contribution in [3.05, 3.63) is 0 Å². The van der Waals surface area contributed by atoms with Crippen molar-refractivity contribution >= 4 is 11.7 Å². The van der Waals surface area contributed by atoms with E-state index in [4.69, 9.17) is 9.98 Å². The van der Waals surface area contributed by atoms with Crippen LogP contribution in [0.25, 0.3) is 0 Å². The molecule has 0 spiro atoms. The summed E-state index contributed by atoms with van der Waals surface area (Å²) in [5, 5.41) is 7.29. The van der Waals surface area contributed by atoms with Gasteiger partial charge in [0.05, 0.1) is 30.0 Å². The molecule has 0 bridgehead atoms. The number of rotatable bonds is 1. The minimum atomic E-state index is 0.465. The van der Waals surface area contributed by atoms with E-state index in [1.807, 2.05) is 0 Å². The summed E-state index contributed by atoms with van der Waals surface area (Å²) in [6, 6.07) is 2.04. The second kappa shape index (κ2) is 4.74. The van der Waals surface area contributed by atoms with Gasteiger partial charge in [-0.15, -0.1) is 0 Å². The van der Waals surface area contributed by atoms with Gasteiger partial charge in [0, 0.05) is 5.92 Å². The molecule has 4 unspecified atom stereocenters. The fourth-order valence-corrected chi connectivity index (χ4v) is 4.48. The quantitative estimate of drug-likeness (QED) is 0.769. The highest BCUT2D eigenvalue weighted by Gasteiger charge is 2.43. The lowest BCUT2D eigenvalue weighted by molar-refractivity contribution is 0.307. The molecule has 2 aliphatic carbocycles. The lowest BCUT2D eigenvalue weighted by atomic mass is 9.82. The molecule has 2 N–H and O–H groups in total. The van der Waals surface area contributed by atoms with E-state index < -0.39 is 0 Å². The van der Waals surface area contributed by atoms with Gasteiger partial charge in [-0.1, -0.05) is 19.8 Å². The molecule has 2 fully saturated rings. The summed E-state index contributed by atoms with van der Waals surface area (Å²) in [7, 11) is 0. The van der Waals surface area contributed by atoms with Crippen LogP contribution in [0.5, 0.6) is 0 Å². The number of nitrogens with one attached hydrogen (secondary N) is 2. The molecular weight excluding hydrogens is 248 g/mol. The number of fused-ring (bicyclic) bond motifs is 2. The minimum absolute atomic E-state index is 0.465. The fraction of sp³-hybridized carbons (Fsp3) is 0.875. The van der Waals surface area contributed by atoms with E-state index in [1.54, 1.807) is 0 Å². The highest BCUT2D eigenvalue weighted by atomic mass is 15.2. The average Bonchev–Trinajstić information content (AvgIpc) is 2.97. The Hall–Kier alpha value is -1.06. The molecule has 2 heterocycles. The smallest absolute Gasteiger partial charge is 0.100 e. The Bertz CT molecular complexity index is 447. The van der Waals surface area contributed by atoms with Crippen molar-refractivity contribution in [2.45, 2.75) is 76.5 Å². The fourth-order valence-electron chi connectivity index (χ4n) is 4.48. The van der Waals surface area contributed by atoms with E-state index in [2.05, 4.69) is 24.5 Å². The van der Waals surface area contributed by atoms with Crippen molar-refractivity contribution in [1.82, 2.24) is 10.6 Å². The third kappa shape index (κ3) is 2.13. The predicted molar refractivity (Wildman–Crippen MR) is 82.3 cm³/mol. The summed E-state index contributed by atoms with van der Waals surface area (Å²) in [6.45, 7) is 4.46. The van der Waals surface area contributed by atoms with E-state index in [9.17, 15) is 0 Å². The number of aliphatic imine (C=N–C) groups is 2. The van der Waals surface area contributed by atoms with Crippen molar-refractivity contribution in [3.8, 4) is 0 Å². The Balaban J connectivity index is 1.44. The summed E-state index contributed by atoms with van der Waals surface area (Å²) >= 11 is 0. The van der Waals surface area contributed by atoms with Crippen LogP contribution in [0.15, 0.2) is 9.98 Å². The number of hydrogen-bond acceptors (Lipinski definition) is 4. The first kappa shape index (κ1) is 12.7. The monoisotopic (exact) mass is 274 g/mol. The molecule has 0 aromatic heterocycles. The Kier molecular flexibility index (Phi) is 3.00. The van der Waals surface area contributed by atoms with E-state index >= 15 is 0 Å². The van der Waals surface area contributed by atoms with Gasteiger partial charge in [-0.25, -0.2) is 0 Å². The highest BCUT2D eigenvalue weighted by molar-refractivity contribution is 5.87. The van der Waals surface area contributed by atoms with Crippen LogP contribution >= 0.6 is 0 Å². The van der Waals surface area contributed by atoms with Gasteiger partial charge in [-0.2, -0.15) is 0 Å². The maximum absolute atomic E-state index is 5.05. The van der Waals surface area contributed by atoms with E-state index in [-0.39, 0.29) is 0 Å². The zero-order valence-electron chi connectivity index (χ0n) is 12.6. The molecule has 4 aliphatic rings. The van der Waals surface area contributed by atoms with Crippen LogP contribution in [0, 0.1) is 11.8 Å². The molecule has 2 aliphatic heterocycles. The molecule has 4 rings (SSSR count).